The van der Waals surface area contributed by atoms with Gasteiger partial charge in [0, 0.05) is 6.04 Å². The summed E-state index contributed by atoms with van der Waals surface area (Å²) in [5.41, 5.74) is 1.99. The first-order valence-electron chi connectivity index (χ1n) is 6.97. The van der Waals surface area contributed by atoms with E-state index in [0.29, 0.717) is 12.2 Å². The minimum absolute atomic E-state index is 0.195. The Bertz CT molecular complexity index is 535. The van der Waals surface area contributed by atoms with Gasteiger partial charge >= 0.3 is 0 Å². The Morgan fingerprint density at radius 1 is 1.25 bits per heavy atom. The van der Waals surface area contributed by atoms with Crippen molar-refractivity contribution in [1.29, 1.82) is 0 Å². The lowest BCUT2D eigenvalue weighted by Crippen LogP contribution is -2.12. The van der Waals surface area contributed by atoms with Crippen LogP contribution in [0.5, 0.6) is 5.75 Å². The van der Waals surface area contributed by atoms with Crippen LogP contribution in [0.2, 0.25) is 0 Å². The van der Waals surface area contributed by atoms with E-state index in [-0.39, 0.29) is 6.04 Å². The molecule has 0 radical (unpaired) electrons. The minimum Gasteiger partial charge on any atom is -0.493 e. The molecule has 1 heterocycles. The average Bonchev–Trinajstić information content (AvgIpc) is 2.90. The van der Waals surface area contributed by atoms with Crippen LogP contribution in [0.3, 0.4) is 0 Å². The monoisotopic (exact) mass is 274 g/mol. The Labute approximate surface area is 120 Å². The highest BCUT2D eigenvalue weighted by Crippen LogP contribution is 2.30. The second-order valence-electron chi connectivity index (χ2n) is 5.18. The first-order chi connectivity index (χ1) is 9.63. The lowest BCUT2D eigenvalue weighted by molar-refractivity contribution is 0.150. The maximum atomic E-state index is 10.5. The zero-order valence-corrected chi connectivity index (χ0v) is 12.3. The summed E-state index contributed by atoms with van der Waals surface area (Å²) in [5, 5.41) is 14.8. The second-order valence-corrected chi connectivity index (χ2v) is 5.18. The first-order valence-corrected chi connectivity index (χ1v) is 6.97. The summed E-state index contributed by atoms with van der Waals surface area (Å²) < 4.78 is 7.13. The second kappa shape index (κ2) is 6.57. The van der Waals surface area contributed by atoms with Gasteiger partial charge in [-0.2, -0.15) is 5.10 Å². The van der Waals surface area contributed by atoms with Crippen molar-refractivity contribution in [2.75, 3.05) is 7.11 Å². The van der Waals surface area contributed by atoms with Gasteiger partial charge < -0.3 is 9.84 Å². The lowest BCUT2D eigenvalue weighted by Gasteiger charge is -2.17. The van der Waals surface area contributed by atoms with Gasteiger partial charge in [-0.1, -0.05) is 30.3 Å². The molecule has 1 aromatic carbocycles. The first kappa shape index (κ1) is 14.6. The van der Waals surface area contributed by atoms with Crippen molar-refractivity contribution in [1.82, 2.24) is 9.78 Å². The molecule has 4 nitrogen and oxygen atoms in total. The topological polar surface area (TPSA) is 47.3 Å². The maximum Gasteiger partial charge on any atom is 0.162 e. The number of ether oxygens (including phenoxy) is 1. The molecule has 0 aliphatic heterocycles. The minimum atomic E-state index is -0.574. The van der Waals surface area contributed by atoms with E-state index in [1.165, 1.54) is 5.56 Å². The Morgan fingerprint density at radius 2 is 1.95 bits per heavy atom. The van der Waals surface area contributed by atoms with Gasteiger partial charge in [-0.3, -0.25) is 4.68 Å². The Kier molecular flexibility index (Phi) is 4.79. The fraction of sp³-hybridized carbons (Fsp3) is 0.438. The van der Waals surface area contributed by atoms with Gasteiger partial charge in [0.15, 0.2) is 5.75 Å². The average molecular weight is 274 g/mol. The summed E-state index contributed by atoms with van der Waals surface area (Å²) in [6.07, 6.45) is 2.57. The van der Waals surface area contributed by atoms with Gasteiger partial charge in [0.1, 0.15) is 5.69 Å². The van der Waals surface area contributed by atoms with Crippen LogP contribution in [0.4, 0.5) is 0 Å². The van der Waals surface area contributed by atoms with Crippen LogP contribution in [0, 0.1) is 0 Å². The quantitative estimate of drug-likeness (QED) is 0.880. The molecule has 1 unspecified atom stereocenters. The predicted octanol–water partition coefficient (Wildman–Crippen LogP) is 3.14. The molecule has 2 rings (SSSR count). The van der Waals surface area contributed by atoms with Gasteiger partial charge in [0.05, 0.1) is 19.4 Å². The smallest absolute Gasteiger partial charge is 0.162 e. The molecule has 0 saturated heterocycles. The molecule has 0 amide bonds. The molecule has 1 aromatic heterocycles. The molecule has 0 fully saturated rings. The third-order valence-electron chi connectivity index (χ3n) is 3.37. The third kappa shape index (κ3) is 3.20. The van der Waals surface area contributed by atoms with E-state index in [1.54, 1.807) is 13.3 Å². The van der Waals surface area contributed by atoms with Crippen LogP contribution < -0.4 is 4.74 Å². The summed E-state index contributed by atoms with van der Waals surface area (Å²) in [5.74, 6) is 0.652. The van der Waals surface area contributed by atoms with E-state index in [2.05, 4.69) is 17.2 Å². The van der Waals surface area contributed by atoms with Crippen molar-refractivity contribution in [3.8, 4) is 5.75 Å². The molecule has 2 aromatic rings. The van der Waals surface area contributed by atoms with Gasteiger partial charge in [0.25, 0.3) is 0 Å². The summed E-state index contributed by atoms with van der Waals surface area (Å²) in [6.45, 7) is 4.08. The van der Waals surface area contributed by atoms with Crippen LogP contribution in [-0.2, 0) is 6.42 Å². The van der Waals surface area contributed by atoms with Crippen molar-refractivity contribution in [2.45, 2.75) is 38.8 Å². The molecule has 108 valence electrons. The maximum absolute atomic E-state index is 10.5. The molecular weight excluding hydrogens is 252 g/mol. The van der Waals surface area contributed by atoms with Gasteiger partial charge in [-0.25, -0.2) is 0 Å². The number of aliphatic hydroxyl groups excluding tert-OH is 1. The summed E-state index contributed by atoms with van der Waals surface area (Å²) in [4.78, 5) is 0. The molecular formula is C16H22N2O2. The van der Waals surface area contributed by atoms with E-state index in [4.69, 9.17) is 4.74 Å². The highest BCUT2D eigenvalue weighted by atomic mass is 16.5. The number of aromatic nitrogens is 2. The molecule has 20 heavy (non-hydrogen) atoms. The van der Waals surface area contributed by atoms with E-state index < -0.39 is 6.10 Å². The van der Waals surface area contributed by atoms with Crippen molar-refractivity contribution < 1.29 is 9.84 Å². The SMILES string of the molecule is COc1cnn(C(C)C)c1C(O)CCc1ccccc1. The number of aryl methyl sites for hydroxylation is 1. The Morgan fingerprint density at radius 3 is 2.55 bits per heavy atom. The standard InChI is InChI=1S/C16H22N2O2/c1-12(2)18-16(15(20-3)11-17-18)14(19)10-9-13-7-5-4-6-8-13/h4-8,11-12,14,19H,9-10H2,1-3H3. The number of rotatable bonds is 6. The number of aliphatic hydroxyl groups is 1. The van der Waals surface area contributed by atoms with E-state index >= 15 is 0 Å². The number of benzene rings is 1. The third-order valence-corrected chi connectivity index (χ3v) is 3.37. The molecule has 0 saturated carbocycles. The van der Waals surface area contributed by atoms with Crippen molar-refractivity contribution >= 4 is 0 Å². The van der Waals surface area contributed by atoms with Crippen LogP contribution in [0.15, 0.2) is 36.5 Å². The summed E-state index contributed by atoms with van der Waals surface area (Å²) in [7, 11) is 1.61. The number of methoxy groups -OCH3 is 1. The fourth-order valence-electron chi connectivity index (χ4n) is 2.33. The highest BCUT2D eigenvalue weighted by Gasteiger charge is 2.21. The zero-order valence-electron chi connectivity index (χ0n) is 12.3. The normalized spacial score (nSPS) is 12.7. The molecule has 0 aliphatic rings. The number of nitrogens with zero attached hydrogens (tertiary/aromatic N) is 2. The molecule has 1 N–H and O–H groups in total. The van der Waals surface area contributed by atoms with Gasteiger partial charge in [-0.15, -0.1) is 0 Å². The molecule has 4 heteroatoms. The molecule has 0 spiro atoms. The Balaban J connectivity index is 2.12. The molecule has 1 atom stereocenters. The highest BCUT2D eigenvalue weighted by molar-refractivity contribution is 5.28. The van der Waals surface area contributed by atoms with Gasteiger partial charge in [0.2, 0.25) is 0 Å². The van der Waals surface area contributed by atoms with Crippen molar-refractivity contribution in [3.63, 3.8) is 0 Å². The van der Waals surface area contributed by atoms with Crippen molar-refractivity contribution in [3.05, 3.63) is 47.8 Å². The van der Waals surface area contributed by atoms with Crippen LogP contribution >= 0.6 is 0 Å². The fourth-order valence-corrected chi connectivity index (χ4v) is 2.33. The van der Waals surface area contributed by atoms with E-state index in [1.807, 2.05) is 36.7 Å². The van der Waals surface area contributed by atoms with Crippen molar-refractivity contribution in [2.24, 2.45) is 0 Å². The van der Waals surface area contributed by atoms with E-state index in [0.717, 1.165) is 12.1 Å². The summed E-state index contributed by atoms with van der Waals surface area (Å²) in [6, 6.07) is 10.4. The molecule has 0 bridgehead atoms. The largest absolute Gasteiger partial charge is 0.493 e. The lowest BCUT2D eigenvalue weighted by atomic mass is 10.0. The summed E-state index contributed by atoms with van der Waals surface area (Å²) >= 11 is 0. The zero-order chi connectivity index (χ0) is 14.5. The van der Waals surface area contributed by atoms with E-state index in [9.17, 15) is 5.11 Å². The number of hydrogen-bond donors (Lipinski definition) is 1. The van der Waals surface area contributed by atoms with Crippen LogP contribution in [0.1, 0.15) is 43.7 Å². The predicted molar refractivity (Wildman–Crippen MR) is 78.9 cm³/mol. The van der Waals surface area contributed by atoms with Gasteiger partial charge in [-0.05, 0) is 32.3 Å². The number of hydrogen-bond acceptors (Lipinski definition) is 3. The molecule has 0 aliphatic carbocycles. The van der Waals surface area contributed by atoms with Crippen LogP contribution in [0.25, 0.3) is 0 Å². The Hall–Kier alpha value is -1.81. The van der Waals surface area contributed by atoms with Crippen LogP contribution in [-0.4, -0.2) is 22.0 Å².